The average molecular weight is 189 g/mol. The third-order valence-corrected chi connectivity index (χ3v) is 2.62. The van der Waals surface area contributed by atoms with Gasteiger partial charge >= 0.3 is 0 Å². The summed E-state index contributed by atoms with van der Waals surface area (Å²) < 4.78 is 0. The van der Waals surface area contributed by atoms with Gasteiger partial charge in [-0.15, -0.1) is 0 Å². The Bertz CT molecular complexity index is 143. The molecule has 4 heteroatoms. The van der Waals surface area contributed by atoms with Crippen LogP contribution in [0.2, 0.25) is 0 Å². The van der Waals surface area contributed by atoms with Crippen LogP contribution in [0.5, 0.6) is 0 Å². The molecule has 3 N–H and O–H groups in total. The molecule has 0 spiro atoms. The molecule has 0 unspecified atom stereocenters. The highest BCUT2D eigenvalue weighted by Crippen LogP contribution is 2.16. The van der Waals surface area contributed by atoms with Gasteiger partial charge in [-0.25, -0.2) is 0 Å². The number of hydrogen-bond acceptors (Lipinski definition) is 4. The Hall–Kier alpha value is -0.160. The van der Waals surface area contributed by atoms with E-state index in [-0.39, 0.29) is 19.3 Å². The van der Waals surface area contributed by atoms with Gasteiger partial charge in [0.25, 0.3) is 0 Å². The van der Waals surface area contributed by atoms with E-state index in [1.165, 1.54) is 0 Å². The van der Waals surface area contributed by atoms with Crippen LogP contribution in [0.25, 0.3) is 0 Å². The summed E-state index contributed by atoms with van der Waals surface area (Å²) >= 11 is 0. The van der Waals surface area contributed by atoms with Gasteiger partial charge in [-0.1, -0.05) is 6.42 Å². The topological polar surface area (TPSA) is 63.9 Å². The molecule has 13 heavy (non-hydrogen) atoms. The maximum atomic E-state index is 9.25. The molecule has 1 aliphatic rings. The zero-order chi connectivity index (χ0) is 9.68. The number of likely N-dealkylation sites (tertiary alicyclic amines) is 1. The van der Waals surface area contributed by atoms with E-state index in [0.29, 0.717) is 6.54 Å². The highest BCUT2D eigenvalue weighted by atomic mass is 16.3. The second-order valence-electron chi connectivity index (χ2n) is 3.66. The van der Waals surface area contributed by atoms with Crippen LogP contribution in [0.3, 0.4) is 0 Å². The van der Waals surface area contributed by atoms with Crippen LogP contribution >= 0.6 is 0 Å². The van der Waals surface area contributed by atoms with Gasteiger partial charge in [0.1, 0.15) is 0 Å². The second kappa shape index (κ2) is 5.54. The molecule has 2 atom stereocenters. The molecule has 1 heterocycles. The molecule has 78 valence electrons. The first-order valence-electron chi connectivity index (χ1n) is 4.91. The van der Waals surface area contributed by atoms with Crippen LogP contribution in [-0.2, 0) is 0 Å². The molecule has 0 radical (unpaired) electrons. The fraction of sp³-hybridized carbons (Fsp3) is 1.00. The zero-order valence-electron chi connectivity index (χ0n) is 7.89. The molecular weight excluding hydrogens is 170 g/mol. The fourth-order valence-electron chi connectivity index (χ4n) is 1.84. The number of aliphatic hydroxyl groups is 3. The van der Waals surface area contributed by atoms with Crippen LogP contribution < -0.4 is 0 Å². The van der Waals surface area contributed by atoms with Gasteiger partial charge in [-0.2, -0.15) is 0 Å². The molecule has 0 amide bonds. The maximum absolute atomic E-state index is 9.25. The average Bonchev–Trinajstić information content (AvgIpc) is 2.18. The number of rotatable bonds is 4. The van der Waals surface area contributed by atoms with Crippen LogP contribution in [0, 0.1) is 0 Å². The van der Waals surface area contributed by atoms with Crippen LogP contribution in [0.4, 0.5) is 0 Å². The summed E-state index contributed by atoms with van der Waals surface area (Å²) in [6, 6.07) is 0.176. The molecule has 1 saturated heterocycles. The Labute approximate surface area is 78.8 Å². The van der Waals surface area contributed by atoms with Crippen molar-refractivity contribution < 1.29 is 15.3 Å². The van der Waals surface area contributed by atoms with E-state index in [4.69, 9.17) is 10.2 Å². The summed E-state index contributed by atoms with van der Waals surface area (Å²) in [5.41, 5.74) is 0. The van der Waals surface area contributed by atoms with Gasteiger partial charge in [0, 0.05) is 12.6 Å². The molecule has 0 saturated carbocycles. The third kappa shape index (κ3) is 3.23. The Kier molecular flexibility index (Phi) is 4.66. The Morgan fingerprint density at radius 3 is 2.69 bits per heavy atom. The summed E-state index contributed by atoms with van der Waals surface area (Å²) in [7, 11) is 0. The van der Waals surface area contributed by atoms with Gasteiger partial charge in [0.2, 0.25) is 0 Å². The summed E-state index contributed by atoms with van der Waals surface area (Å²) in [5, 5.41) is 27.0. The predicted molar refractivity (Wildman–Crippen MR) is 49.4 cm³/mol. The summed E-state index contributed by atoms with van der Waals surface area (Å²) in [6.07, 6.45) is 2.59. The zero-order valence-corrected chi connectivity index (χ0v) is 7.89. The standard InChI is InChI=1S/C9H19NO3/c11-6-8-3-1-2-4-10(8)5-9(13)7-12/h8-9,11-13H,1-7H2/t8-,9+/m1/s1. The van der Waals surface area contributed by atoms with Crippen molar-refractivity contribution >= 4 is 0 Å². The van der Waals surface area contributed by atoms with Gasteiger partial charge < -0.3 is 15.3 Å². The van der Waals surface area contributed by atoms with Crippen molar-refractivity contribution in [3.8, 4) is 0 Å². The van der Waals surface area contributed by atoms with E-state index in [1.807, 2.05) is 0 Å². The van der Waals surface area contributed by atoms with E-state index >= 15 is 0 Å². The minimum atomic E-state index is -0.674. The first-order chi connectivity index (χ1) is 6.27. The lowest BCUT2D eigenvalue weighted by Gasteiger charge is -2.35. The van der Waals surface area contributed by atoms with Gasteiger partial charge in [-0.3, -0.25) is 4.90 Å². The largest absolute Gasteiger partial charge is 0.395 e. The lowest BCUT2D eigenvalue weighted by Crippen LogP contribution is -2.46. The van der Waals surface area contributed by atoms with E-state index in [9.17, 15) is 5.11 Å². The van der Waals surface area contributed by atoms with Crippen LogP contribution in [0.15, 0.2) is 0 Å². The van der Waals surface area contributed by atoms with Crippen molar-refractivity contribution in [1.29, 1.82) is 0 Å². The first kappa shape index (κ1) is 10.9. The Morgan fingerprint density at radius 2 is 2.08 bits per heavy atom. The second-order valence-corrected chi connectivity index (χ2v) is 3.66. The molecule has 0 aromatic heterocycles. The molecule has 1 rings (SSSR count). The molecular formula is C9H19NO3. The lowest BCUT2D eigenvalue weighted by molar-refractivity contribution is 0.0183. The van der Waals surface area contributed by atoms with Crippen molar-refractivity contribution in [1.82, 2.24) is 4.90 Å². The predicted octanol–water partition coefficient (Wildman–Crippen LogP) is -0.814. The highest BCUT2D eigenvalue weighted by Gasteiger charge is 2.22. The molecule has 0 bridgehead atoms. The monoisotopic (exact) mass is 189 g/mol. The van der Waals surface area contributed by atoms with Crippen LogP contribution in [0.1, 0.15) is 19.3 Å². The minimum absolute atomic E-state index is 0.151. The molecule has 1 fully saturated rings. The van der Waals surface area contributed by atoms with Crippen molar-refractivity contribution in [2.75, 3.05) is 26.3 Å². The summed E-state index contributed by atoms with van der Waals surface area (Å²) in [5.74, 6) is 0. The van der Waals surface area contributed by atoms with Gasteiger partial charge in [-0.05, 0) is 19.4 Å². The quantitative estimate of drug-likeness (QED) is 0.541. The van der Waals surface area contributed by atoms with Crippen molar-refractivity contribution in [2.24, 2.45) is 0 Å². The number of aliphatic hydroxyl groups excluding tert-OH is 3. The van der Waals surface area contributed by atoms with Gasteiger partial charge in [0.15, 0.2) is 0 Å². The Morgan fingerprint density at radius 1 is 1.31 bits per heavy atom. The van der Waals surface area contributed by atoms with E-state index in [1.54, 1.807) is 0 Å². The normalized spacial score (nSPS) is 27.5. The number of nitrogens with zero attached hydrogens (tertiary/aromatic N) is 1. The summed E-state index contributed by atoms with van der Waals surface area (Å²) in [6.45, 7) is 1.34. The number of piperidine rings is 1. The van der Waals surface area contributed by atoms with E-state index in [0.717, 1.165) is 25.8 Å². The first-order valence-corrected chi connectivity index (χ1v) is 4.91. The maximum Gasteiger partial charge on any atom is 0.0897 e. The van der Waals surface area contributed by atoms with Gasteiger partial charge in [0.05, 0.1) is 19.3 Å². The molecule has 1 aliphatic heterocycles. The summed E-state index contributed by atoms with van der Waals surface area (Å²) in [4.78, 5) is 2.06. The van der Waals surface area contributed by atoms with Crippen LogP contribution in [-0.4, -0.2) is 58.7 Å². The molecule has 4 nitrogen and oxygen atoms in total. The minimum Gasteiger partial charge on any atom is -0.395 e. The molecule has 0 aromatic carbocycles. The highest BCUT2D eigenvalue weighted by molar-refractivity contribution is 4.77. The van der Waals surface area contributed by atoms with Crippen molar-refractivity contribution in [2.45, 2.75) is 31.4 Å². The smallest absolute Gasteiger partial charge is 0.0897 e. The SMILES string of the molecule is OC[C@@H](O)CN1CCCC[C@@H]1CO. The molecule has 0 aromatic rings. The lowest BCUT2D eigenvalue weighted by atomic mass is 10.0. The van der Waals surface area contributed by atoms with Crippen molar-refractivity contribution in [3.05, 3.63) is 0 Å². The number of β-amino-alcohol motifs (C(OH)–C–C–N with tert-alkyl or cyclic N) is 1. The number of hydrogen-bond donors (Lipinski definition) is 3. The Balaban J connectivity index is 2.35. The van der Waals surface area contributed by atoms with E-state index < -0.39 is 6.10 Å². The van der Waals surface area contributed by atoms with Crippen molar-refractivity contribution in [3.63, 3.8) is 0 Å². The van der Waals surface area contributed by atoms with E-state index in [2.05, 4.69) is 4.90 Å². The molecule has 0 aliphatic carbocycles. The third-order valence-electron chi connectivity index (χ3n) is 2.62. The fourth-order valence-corrected chi connectivity index (χ4v) is 1.84.